The van der Waals surface area contributed by atoms with E-state index in [2.05, 4.69) is 18.2 Å². The highest BCUT2D eigenvalue weighted by Crippen LogP contribution is 2.43. The van der Waals surface area contributed by atoms with E-state index in [1.807, 2.05) is 52.1 Å². The van der Waals surface area contributed by atoms with E-state index < -0.39 is 5.60 Å². The summed E-state index contributed by atoms with van der Waals surface area (Å²) >= 11 is 3.08. The molecule has 3 aromatic rings. The first-order valence-corrected chi connectivity index (χ1v) is 11.8. The van der Waals surface area contributed by atoms with Crippen LogP contribution in [0, 0.1) is 0 Å². The van der Waals surface area contributed by atoms with Crippen LogP contribution in [0.4, 0.5) is 0 Å². The fraction of sp³-hybridized carbons (Fsp3) is 0.304. The molecule has 2 atom stereocenters. The molecule has 2 unspecified atom stereocenters. The molecular formula is C23H22N2O3S2. The maximum atomic E-state index is 13.7. The van der Waals surface area contributed by atoms with Crippen LogP contribution < -0.4 is 0 Å². The average molecular weight is 439 g/mol. The summed E-state index contributed by atoms with van der Waals surface area (Å²) in [5, 5.41) is 3.93. The lowest BCUT2D eigenvalue weighted by Crippen LogP contribution is -2.59. The number of hydrogen-bond donors (Lipinski definition) is 0. The molecule has 2 amide bonds. The Labute approximate surface area is 183 Å². The zero-order chi connectivity index (χ0) is 20.6. The van der Waals surface area contributed by atoms with Crippen LogP contribution in [0.1, 0.15) is 26.0 Å². The molecule has 2 aliphatic rings. The standard InChI is InChI=1S/C23H22N2O3S2/c26-21(20-9-5-13-30-20)24-10-11-28-23(16-24)19(17-6-2-1-3-7-17)15-25(22(23)27)14-18-8-4-12-29-18/h1-9,12-13,19H,10-11,14-16H2. The van der Waals surface area contributed by atoms with Gasteiger partial charge < -0.3 is 14.5 Å². The lowest BCUT2D eigenvalue weighted by atomic mass is 9.83. The van der Waals surface area contributed by atoms with Gasteiger partial charge in [0.15, 0.2) is 5.60 Å². The van der Waals surface area contributed by atoms with E-state index in [9.17, 15) is 9.59 Å². The quantitative estimate of drug-likeness (QED) is 0.622. The molecule has 0 saturated carbocycles. The van der Waals surface area contributed by atoms with Crippen LogP contribution in [0.15, 0.2) is 65.4 Å². The van der Waals surface area contributed by atoms with Crippen molar-refractivity contribution in [1.29, 1.82) is 0 Å². The summed E-state index contributed by atoms with van der Waals surface area (Å²) in [4.78, 5) is 32.3. The Balaban J connectivity index is 1.48. The monoisotopic (exact) mass is 438 g/mol. The lowest BCUT2D eigenvalue weighted by Gasteiger charge is -2.42. The molecule has 30 heavy (non-hydrogen) atoms. The predicted molar refractivity (Wildman–Crippen MR) is 118 cm³/mol. The molecule has 2 saturated heterocycles. The van der Waals surface area contributed by atoms with Gasteiger partial charge in [-0.15, -0.1) is 22.7 Å². The normalized spacial score (nSPS) is 24.0. The molecule has 2 aliphatic heterocycles. The molecule has 154 valence electrons. The maximum absolute atomic E-state index is 13.7. The molecule has 7 heteroatoms. The van der Waals surface area contributed by atoms with Gasteiger partial charge in [-0.1, -0.05) is 42.5 Å². The number of rotatable bonds is 4. The predicted octanol–water partition coefficient (Wildman–Crippen LogP) is 3.85. The van der Waals surface area contributed by atoms with Crippen molar-refractivity contribution in [2.75, 3.05) is 26.2 Å². The number of hydrogen-bond acceptors (Lipinski definition) is 5. The van der Waals surface area contributed by atoms with Crippen molar-refractivity contribution in [2.45, 2.75) is 18.1 Å². The van der Waals surface area contributed by atoms with Crippen molar-refractivity contribution < 1.29 is 14.3 Å². The molecule has 4 heterocycles. The minimum Gasteiger partial charge on any atom is -0.361 e. The van der Waals surface area contributed by atoms with Crippen LogP contribution in [0.2, 0.25) is 0 Å². The number of ether oxygens (including phenoxy) is 1. The molecule has 0 bridgehead atoms. The first-order chi connectivity index (χ1) is 14.7. The Bertz CT molecular complexity index is 1020. The minimum absolute atomic E-state index is 0.0200. The third-order valence-electron chi connectivity index (χ3n) is 5.91. The SMILES string of the molecule is O=C(c1cccs1)N1CCOC2(C1)C(=O)N(Cc1cccs1)CC2c1ccccc1. The Morgan fingerprint density at radius 3 is 2.60 bits per heavy atom. The van der Waals surface area contributed by atoms with Crippen LogP contribution in [-0.4, -0.2) is 53.5 Å². The van der Waals surface area contributed by atoms with Gasteiger partial charge in [0.05, 0.1) is 24.6 Å². The van der Waals surface area contributed by atoms with Gasteiger partial charge in [-0.25, -0.2) is 0 Å². The summed E-state index contributed by atoms with van der Waals surface area (Å²) in [6, 6.07) is 17.8. The number of carbonyl (C=O) groups excluding carboxylic acids is 2. The zero-order valence-corrected chi connectivity index (χ0v) is 18.0. The first-order valence-electron chi connectivity index (χ1n) is 10.0. The second-order valence-electron chi connectivity index (χ2n) is 7.67. The number of likely N-dealkylation sites (tertiary alicyclic amines) is 1. The molecule has 2 aromatic heterocycles. The second-order valence-corrected chi connectivity index (χ2v) is 9.65. The largest absolute Gasteiger partial charge is 0.361 e. The molecule has 0 aliphatic carbocycles. The topological polar surface area (TPSA) is 49.9 Å². The Morgan fingerprint density at radius 2 is 1.87 bits per heavy atom. The lowest BCUT2D eigenvalue weighted by molar-refractivity contribution is -0.160. The number of amides is 2. The molecular weight excluding hydrogens is 416 g/mol. The highest BCUT2D eigenvalue weighted by atomic mass is 32.1. The van der Waals surface area contributed by atoms with Crippen molar-refractivity contribution in [2.24, 2.45) is 0 Å². The highest BCUT2D eigenvalue weighted by Gasteiger charge is 2.58. The van der Waals surface area contributed by atoms with Crippen molar-refractivity contribution in [1.82, 2.24) is 9.80 Å². The summed E-state index contributed by atoms with van der Waals surface area (Å²) in [5.41, 5.74) is 0.0361. The van der Waals surface area contributed by atoms with Gasteiger partial charge in [0.1, 0.15) is 0 Å². The summed E-state index contributed by atoms with van der Waals surface area (Å²) in [6.45, 7) is 2.30. The number of thiophene rings is 2. The molecule has 2 fully saturated rings. The summed E-state index contributed by atoms with van der Waals surface area (Å²) in [6.07, 6.45) is 0. The van der Waals surface area contributed by atoms with Crippen LogP contribution >= 0.6 is 22.7 Å². The summed E-state index contributed by atoms with van der Waals surface area (Å²) in [5.74, 6) is -0.164. The van der Waals surface area contributed by atoms with Crippen LogP contribution in [0.5, 0.6) is 0 Å². The Morgan fingerprint density at radius 1 is 1.07 bits per heavy atom. The third-order valence-corrected chi connectivity index (χ3v) is 7.63. The van der Waals surface area contributed by atoms with E-state index in [4.69, 9.17) is 4.74 Å². The van der Waals surface area contributed by atoms with Gasteiger partial charge in [0.25, 0.3) is 11.8 Å². The van der Waals surface area contributed by atoms with Crippen molar-refractivity contribution in [3.63, 3.8) is 0 Å². The van der Waals surface area contributed by atoms with Gasteiger partial charge in [0, 0.05) is 23.9 Å². The van der Waals surface area contributed by atoms with E-state index in [0.29, 0.717) is 31.1 Å². The fourth-order valence-corrected chi connectivity index (χ4v) is 5.88. The number of carbonyl (C=O) groups is 2. The van der Waals surface area contributed by atoms with Gasteiger partial charge >= 0.3 is 0 Å². The van der Waals surface area contributed by atoms with Crippen LogP contribution in [0.25, 0.3) is 0 Å². The van der Waals surface area contributed by atoms with Gasteiger partial charge in [0.2, 0.25) is 0 Å². The molecule has 1 aromatic carbocycles. The number of nitrogens with zero attached hydrogens (tertiary/aromatic N) is 2. The molecule has 5 nitrogen and oxygen atoms in total. The molecule has 0 N–H and O–H groups in total. The fourth-order valence-electron chi connectivity index (χ4n) is 4.47. The molecule has 1 spiro atoms. The van der Waals surface area contributed by atoms with E-state index in [1.54, 1.807) is 16.2 Å². The minimum atomic E-state index is -1.04. The maximum Gasteiger partial charge on any atom is 0.264 e. The van der Waals surface area contributed by atoms with Gasteiger partial charge in [-0.05, 0) is 28.5 Å². The third kappa shape index (κ3) is 3.37. The smallest absolute Gasteiger partial charge is 0.264 e. The van der Waals surface area contributed by atoms with Gasteiger partial charge in [-0.3, -0.25) is 9.59 Å². The van der Waals surface area contributed by atoms with Crippen LogP contribution in [-0.2, 0) is 16.1 Å². The van der Waals surface area contributed by atoms with E-state index >= 15 is 0 Å². The van der Waals surface area contributed by atoms with Gasteiger partial charge in [-0.2, -0.15) is 0 Å². The molecule has 5 rings (SSSR count). The number of morpholine rings is 1. The van der Waals surface area contributed by atoms with E-state index in [-0.39, 0.29) is 24.3 Å². The second kappa shape index (κ2) is 7.98. The van der Waals surface area contributed by atoms with Crippen molar-refractivity contribution >= 4 is 34.5 Å². The van der Waals surface area contributed by atoms with E-state index in [1.165, 1.54) is 11.3 Å². The van der Waals surface area contributed by atoms with Crippen molar-refractivity contribution in [3.8, 4) is 0 Å². The number of benzene rings is 1. The Hall–Kier alpha value is -2.48. The Kier molecular flexibility index (Phi) is 5.18. The van der Waals surface area contributed by atoms with Crippen molar-refractivity contribution in [3.05, 3.63) is 80.7 Å². The average Bonchev–Trinajstić information content (AvgIpc) is 3.54. The highest BCUT2D eigenvalue weighted by molar-refractivity contribution is 7.12. The summed E-state index contributed by atoms with van der Waals surface area (Å²) < 4.78 is 6.27. The van der Waals surface area contributed by atoms with Crippen LogP contribution in [0.3, 0.4) is 0 Å². The zero-order valence-electron chi connectivity index (χ0n) is 16.4. The summed E-state index contributed by atoms with van der Waals surface area (Å²) in [7, 11) is 0. The first kappa shape index (κ1) is 19.5. The van der Waals surface area contributed by atoms with E-state index in [0.717, 1.165) is 10.4 Å². The molecule has 0 radical (unpaired) electrons.